The van der Waals surface area contributed by atoms with Crippen LogP contribution in [0.1, 0.15) is 70.3 Å². The number of hydrogen-bond donors (Lipinski definition) is 0. The summed E-state index contributed by atoms with van der Waals surface area (Å²) >= 11 is 5.71. The van der Waals surface area contributed by atoms with Gasteiger partial charge in [0.25, 0.3) is 0 Å². The van der Waals surface area contributed by atoms with Crippen molar-refractivity contribution in [3.8, 4) is 11.5 Å². The summed E-state index contributed by atoms with van der Waals surface area (Å²) in [5, 5.41) is 0. The van der Waals surface area contributed by atoms with E-state index in [0.29, 0.717) is 28.4 Å². The van der Waals surface area contributed by atoms with Crippen LogP contribution in [0.15, 0.2) is 39.7 Å². The van der Waals surface area contributed by atoms with Gasteiger partial charge in [0.15, 0.2) is 0 Å². The van der Waals surface area contributed by atoms with Crippen molar-refractivity contribution in [2.45, 2.75) is 76.3 Å². The van der Waals surface area contributed by atoms with Gasteiger partial charge in [-0.1, -0.05) is 56.7 Å². The van der Waals surface area contributed by atoms with Gasteiger partial charge in [0.1, 0.15) is 0 Å². The minimum Gasteiger partial charge on any atom is -0.406 e. The Morgan fingerprint density at radius 1 is 0.923 bits per heavy atom. The maximum Gasteiger partial charge on any atom is 0.301 e. The first-order valence-electron chi connectivity index (χ1n) is 10.0. The van der Waals surface area contributed by atoms with Gasteiger partial charge in [0.05, 0.1) is 6.04 Å². The molecule has 1 aromatic carbocycles. The molecule has 2 aromatic rings. The van der Waals surface area contributed by atoms with Crippen LogP contribution in [0.4, 0.5) is 0 Å². The molecular weight excluding hydrogens is 342 g/mol. The van der Waals surface area contributed by atoms with Crippen molar-refractivity contribution in [3.63, 3.8) is 0 Å². The monoisotopic (exact) mass is 369 g/mol. The number of hydrogen-bond acceptors (Lipinski definition) is 4. The predicted octanol–water partition coefficient (Wildman–Crippen LogP) is 5.61. The molecule has 138 valence electrons. The van der Waals surface area contributed by atoms with Crippen LogP contribution in [0.5, 0.6) is 0 Å². The summed E-state index contributed by atoms with van der Waals surface area (Å²) in [6.07, 6.45) is 12.2. The Morgan fingerprint density at radius 3 is 2.27 bits per heavy atom. The summed E-state index contributed by atoms with van der Waals surface area (Å²) in [6, 6.07) is 10.7. The minimum atomic E-state index is 0.350. The molecule has 1 heterocycles. The van der Waals surface area contributed by atoms with E-state index in [4.69, 9.17) is 21.6 Å². The average molecular weight is 370 g/mol. The van der Waals surface area contributed by atoms with E-state index in [1.807, 2.05) is 30.3 Å². The summed E-state index contributed by atoms with van der Waals surface area (Å²) in [5.41, 5.74) is 1.64. The molecule has 0 unspecified atom stereocenters. The lowest BCUT2D eigenvalue weighted by Crippen LogP contribution is -2.30. The maximum absolute atomic E-state index is 6.25. The molecule has 4 rings (SSSR count). The normalized spacial score (nSPS) is 20.4. The first-order valence-corrected chi connectivity index (χ1v) is 10.4. The smallest absolute Gasteiger partial charge is 0.301 e. The first kappa shape index (κ1) is 17.7. The third-order valence-electron chi connectivity index (χ3n) is 5.63. The Hall–Kier alpha value is -1.75. The van der Waals surface area contributed by atoms with Crippen LogP contribution in [0.25, 0.3) is 11.5 Å². The van der Waals surface area contributed by atoms with Gasteiger partial charge >= 0.3 is 5.68 Å². The molecular formula is C21H27N3OS. The molecule has 2 aliphatic rings. The van der Waals surface area contributed by atoms with E-state index in [-0.39, 0.29) is 0 Å². The zero-order valence-electron chi connectivity index (χ0n) is 15.3. The lowest BCUT2D eigenvalue weighted by atomic mass is 9.95. The summed E-state index contributed by atoms with van der Waals surface area (Å²) in [6.45, 7) is 0. The lowest BCUT2D eigenvalue weighted by molar-refractivity contribution is 0.283. The summed E-state index contributed by atoms with van der Waals surface area (Å²) in [7, 11) is 0. The Kier molecular flexibility index (Phi) is 5.63. The van der Waals surface area contributed by atoms with Gasteiger partial charge in [-0.3, -0.25) is 4.57 Å². The predicted molar refractivity (Wildman–Crippen MR) is 105 cm³/mol. The highest BCUT2D eigenvalue weighted by Crippen LogP contribution is 2.28. The van der Waals surface area contributed by atoms with Crippen molar-refractivity contribution in [3.05, 3.63) is 40.8 Å². The molecule has 0 radical (unpaired) electrons. The molecule has 2 aliphatic carbocycles. The molecule has 5 heteroatoms. The van der Waals surface area contributed by atoms with Crippen LogP contribution in [-0.4, -0.2) is 15.6 Å². The van der Waals surface area contributed by atoms with Gasteiger partial charge in [-0.05, 0) is 50.0 Å². The van der Waals surface area contributed by atoms with Crippen molar-refractivity contribution >= 4 is 12.2 Å². The highest BCUT2D eigenvalue weighted by Gasteiger charge is 2.20. The summed E-state index contributed by atoms with van der Waals surface area (Å²) < 4.78 is 8.96. The van der Waals surface area contributed by atoms with E-state index in [9.17, 15) is 0 Å². The lowest BCUT2D eigenvalue weighted by Gasteiger charge is -2.24. The van der Waals surface area contributed by atoms with Gasteiger partial charge in [0.2, 0.25) is 10.7 Å². The zero-order chi connectivity index (χ0) is 17.8. The van der Waals surface area contributed by atoms with Crippen LogP contribution < -0.4 is 5.68 Å². The fourth-order valence-electron chi connectivity index (χ4n) is 4.19. The standard InChI is InChI=1S/C21H27N3OS/c26-21-23-19(16-10-4-1-5-11-16)25-20(22-17-12-6-2-7-13-17)24(21)18-14-8-3-9-15-18/h1,4-5,10-11,17-18H,2-3,6-9,12-15H2. The summed E-state index contributed by atoms with van der Waals surface area (Å²) in [5.74, 6) is 0.581. The fourth-order valence-corrected chi connectivity index (χ4v) is 4.50. The number of benzene rings is 1. The molecule has 0 atom stereocenters. The molecule has 1 aromatic heterocycles. The second kappa shape index (κ2) is 8.30. The van der Waals surface area contributed by atoms with Crippen LogP contribution >= 0.6 is 12.2 Å². The average Bonchev–Trinajstić information content (AvgIpc) is 2.70. The third kappa shape index (κ3) is 3.98. The van der Waals surface area contributed by atoms with Crippen LogP contribution in [0.3, 0.4) is 0 Å². The zero-order valence-corrected chi connectivity index (χ0v) is 16.1. The molecule has 2 saturated carbocycles. The quantitative estimate of drug-likeness (QED) is 0.660. The molecule has 0 N–H and O–H groups in total. The largest absolute Gasteiger partial charge is 0.406 e. The maximum atomic E-state index is 6.25. The highest BCUT2D eigenvalue weighted by atomic mass is 32.1. The fraction of sp³-hybridized carbons (Fsp3) is 0.571. The Balaban J connectivity index is 1.81. The van der Waals surface area contributed by atoms with Crippen LogP contribution in [0, 0.1) is 4.77 Å². The van der Waals surface area contributed by atoms with Crippen molar-refractivity contribution in [1.82, 2.24) is 9.55 Å². The first-order chi connectivity index (χ1) is 12.8. The molecule has 0 aliphatic heterocycles. The second-order valence-electron chi connectivity index (χ2n) is 7.53. The topological polar surface area (TPSA) is 43.3 Å². The Morgan fingerprint density at radius 2 is 1.58 bits per heavy atom. The molecule has 0 saturated heterocycles. The summed E-state index contributed by atoms with van der Waals surface area (Å²) in [4.78, 5) is 9.65. The van der Waals surface area contributed by atoms with E-state index < -0.39 is 0 Å². The highest BCUT2D eigenvalue weighted by molar-refractivity contribution is 7.71. The number of rotatable bonds is 3. The van der Waals surface area contributed by atoms with Crippen molar-refractivity contribution < 1.29 is 4.42 Å². The van der Waals surface area contributed by atoms with Crippen molar-refractivity contribution in [2.75, 3.05) is 0 Å². The Labute approximate surface area is 160 Å². The number of aromatic nitrogens is 2. The SMILES string of the molecule is S=c1nc(-c2ccccc2)oc(=NC2CCCCC2)n1C1CCCCC1. The Bertz CT molecular complexity index is 844. The van der Waals surface area contributed by atoms with E-state index in [0.717, 1.165) is 31.2 Å². The molecule has 0 bridgehead atoms. The van der Waals surface area contributed by atoms with Gasteiger partial charge in [-0.2, -0.15) is 4.98 Å². The van der Waals surface area contributed by atoms with Gasteiger partial charge in [-0.15, -0.1) is 0 Å². The van der Waals surface area contributed by atoms with Gasteiger partial charge in [0, 0.05) is 11.6 Å². The number of nitrogens with zero attached hydrogens (tertiary/aromatic N) is 3. The molecule has 0 amide bonds. The third-order valence-corrected chi connectivity index (χ3v) is 5.91. The van der Waals surface area contributed by atoms with E-state index >= 15 is 0 Å². The van der Waals surface area contributed by atoms with Crippen LogP contribution in [-0.2, 0) is 0 Å². The molecule has 26 heavy (non-hydrogen) atoms. The van der Waals surface area contributed by atoms with E-state index in [1.165, 1.54) is 38.5 Å². The minimum absolute atomic E-state index is 0.350. The van der Waals surface area contributed by atoms with Gasteiger partial charge < -0.3 is 4.42 Å². The van der Waals surface area contributed by atoms with Gasteiger partial charge in [-0.25, -0.2) is 4.99 Å². The van der Waals surface area contributed by atoms with E-state index in [2.05, 4.69) is 9.55 Å². The van der Waals surface area contributed by atoms with Crippen molar-refractivity contribution in [2.24, 2.45) is 4.99 Å². The van der Waals surface area contributed by atoms with E-state index in [1.54, 1.807) is 0 Å². The molecule has 0 spiro atoms. The molecule has 4 nitrogen and oxygen atoms in total. The van der Waals surface area contributed by atoms with Crippen LogP contribution in [0.2, 0.25) is 0 Å². The second-order valence-corrected chi connectivity index (χ2v) is 7.90. The van der Waals surface area contributed by atoms with Crippen molar-refractivity contribution in [1.29, 1.82) is 0 Å². The molecule has 2 fully saturated rings.